The molecular weight excluding hydrogens is 420 g/mol. The minimum Gasteiger partial charge on any atom is -0.383 e. The molecule has 0 atom stereocenters. The number of benzene rings is 1. The first-order valence-corrected chi connectivity index (χ1v) is 7.72. The number of aromatic nitrogens is 2. The molecule has 2 rings (SSSR count). The van der Waals surface area contributed by atoms with E-state index in [1.54, 1.807) is 0 Å². The molecular formula is C12H7Cl5F3N3. The van der Waals surface area contributed by atoms with Crippen LogP contribution in [0.4, 0.5) is 19.0 Å². The fourth-order valence-corrected chi connectivity index (χ4v) is 2.85. The van der Waals surface area contributed by atoms with E-state index < -0.39 is 15.7 Å². The summed E-state index contributed by atoms with van der Waals surface area (Å²) in [5.74, 6) is -0.247. The van der Waals surface area contributed by atoms with Crippen LogP contribution in [0.5, 0.6) is 0 Å². The number of hydrogen-bond donors (Lipinski definition) is 1. The summed E-state index contributed by atoms with van der Waals surface area (Å²) < 4.78 is 37.8. The van der Waals surface area contributed by atoms with E-state index >= 15 is 0 Å². The maximum Gasteiger partial charge on any atom is 0.435 e. The fraction of sp³-hybridized carbons (Fsp3) is 0.250. The first kappa shape index (κ1) is 18.8. The van der Waals surface area contributed by atoms with Gasteiger partial charge in [0.25, 0.3) is 0 Å². The lowest BCUT2D eigenvalue weighted by Gasteiger charge is -2.15. The normalized spacial score (nSPS) is 12.7. The Bertz CT molecular complexity index is 742. The third kappa shape index (κ3) is 3.61. The first-order chi connectivity index (χ1) is 10.3. The summed E-state index contributed by atoms with van der Waals surface area (Å²) in [6.45, 7) is 1.19. The molecule has 1 aromatic heterocycles. The molecule has 0 aliphatic carbocycles. The fourth-order valence-electron chi connectivity index (χ4n) is 1.88. The van der Waals surface area contributed by atoms with E-state index in [9.17, 15) is 13.2 Å². The molecule has 2 N–H and O–H groups in total. The van der Waals surface area contributed by atoms with Gasteiger partial charge in [-0.15, -0.1) is 0 Å². The van der Waals surface area contributed by atoms with Crippen LogP contribution in [0.2, 0.25) is 10.0 Å². The zero-order valence-corrected chi connectivity index (χ0v) is 14.9. The SMILES string of the molecule is Cc1c(C(F)(F)F)nn(-c2c(Cl)cc(C(Cl)(Cl)Cl)cc2Cl)c1N. The molecule has 23 heavy (non-hydrogen) atoms. The molecule has 0 radical (unpaired) electrons. The lowest BCUT2D eigenvalue weighted by atomic mass is 10.2. The number of nitrogens with two attached hydrogens (primary N) is 1. The van der Waals surface area contributed by atoms with Crippen molar-refractivity contribution in [2.45, 2.75) is 16.9 Å². The molecule has 0 bridgehead atoms. The smallest absolute Gasteiger partial charge is 0.383 e. The molecule has 0 aliphatic heterocycles. The van der Waals surface area contributed by atoms with Crippen LogP contribution in [-0.4, -0.2) is 9.78 Å². The maximum absolute atomic E-state index is 12.9. The van der Waals surface area contributed by atoms with Gasteiger partial charge in [-0.05, 0) is 19.1 Å². The largest absolute Gasteiger partial charge is 0.435 e. The Labute approximate surface area is 154 Å². The summed E-state index contributed by atoms with van der Waals surface area (Å²) in [5.41, 5.74) is 4.44. The monoisotopic (exact) mass is 425 g/mol. The molecule has 3 nitrogen and oxygen atoms in total. The van der Waals surface area contributed by atoms with Crippen molar-refractivity contribution in [2.24, 2.45) is 0 Å². The van der Waals surface area contributed by atoms with Gasteiger partial charge in [-0.1, -0.05) is 58.0 Å². The van der Waals surface area contributed by atoms with E-state index in [0.29, 0.717) is 0 Å². The summed E-state index contributed by atoms with van der Waals surface area (Å²) in [7, 11) is 0. The number of hydrogen-bond acceptors (Lipinski definition) is 2. The van der Waals surface area contributed by atoms with Gasteiger partial charge >= 0.3 is 6.18 Å². The van der Waals surface area contributed by atoms with Crippen molar-refractivity contribution in [3.8, 4) is 5.69 Å². The van der Waals surface area contributed by atoms with Crippen molar-refractivity contribution in [3.63, 3.8) is 0 Å². The molecule has 0 saturated carbocycles. The van der Waals surface area contributed by atoms with Crippen molar-refractivity contribution < 1.29 is 13.2 Å². The number of halogens is 8. The Kier molecular flexibility index (Phi) is 4.97. The molecule has 0 aliphatic rings. The summed E-state index contributed by atoms with van der Waals surface area (Å²) in [4.78, 5) is 0. The highest BCUT2D eigenvalue weighted by Gasteiger charge is 2.38. The van der Waals surface area contributed by atoms with Gasteiger partial charge in [-0.3, -0.25) is 0 Å². The molecule has 0 fully saturated rings. The number of alkyl halides is 6. The summed E-state index contributed by atoms with van der Waals surface area (Å²) in [5, 5.41) is 3.33. The lowest BCUT2D eigenvalue weighted by molar-refractivity contribution is -0.141. The Balaban J connectivity index is 2.69. The van der Waals surface area contributed by atoms with Crippen molar-refractivity contribution >= 4 is 63.8 Å². The Morgan fingerprint density at radius 3 is 1.91 bits per heavy atom. The van der Waals surface area contributed by atoms with E-state index in [1.165, 1.54) is 19.1 Å². The Morgan fingerprint density at radius 2 is 1.57 bits per heavy atom. The standard InChI is InChI=1S/C12H7Cl5F3N3/c1-4-9(12(18,19)20)22-23(10(4)21)8-6(13)2-5(3-7(8)14)11(15,16)17/h2-3H,21H2,1H3. The number of nitrogens with zero attached hydrogens (tertiary/aromatic N) is 2. The van der Waals surface area contributed by atoms with E-state index in [2.05, 4.69) is 5.10 Å². The van der Waals surface area contributed by atoms with Gasteiger partial charge in [-0.2, -0.15) is 18.3 Å². The van der Waals surface area contributed by atoms with Crippen molar-refractivity contribution in [3.05, 3.63) is 39.0 Å². The predicted octanol–water partition coefficient (Wildman–Crippen LogP) is 5.92. The van der Waals surface area contributed by atoms with Gasteiger partial charge < -0.3 is 5.73 Å². The van der Waals surface area contributed by atoms with Crippen LogP contribution in [-0.2, 0) is 9.97 Å². The van der Waals surface area contributed by atoms with Crippen LogP contribution < -0.4 is 5.73 Å². The van der Waals surface area contributed by atoms with E-state index in [0.717, 1.165) is 4.68 Å². The molecule has 1 heterocycles. The molecule has 2 aromatic rings. The predicted molar refractivity (Wildman–Crippen MR) is 87.0 cm³/mol. The van der Waals surface area contributed by atoms with E-state index in [-0.39, 0.29) is 32.7 Å². The van der Waals surface area contributed by atoms with Gasteiger partial charge in [0.1, 0.15) is 11.5 Å². The summed E-state index contributed by atoms with van der Waals surface area (Å²) in [6, 6.07) is 2.53. The highest BCUT2D eigenvalue weighted by atomic mass is 35.6. The maximum atomic E-state index is 12.9. The molecule has 126 valence electrons. The topological polar surface area (TPSA) is 43.8 Å². The Hall–Kier alpha value is -0.530. The van der Waals surface area contributed by atoms with Gasteiger partial charge in [0.15, 0.2) is 5.69 Å². The van der Waals surface area contributed by atoms with Crippen LogP contribution in [0.1, 0.15) is 16.8 Å². The number of rotatable bonds is 1. The molecule has 0 amide bonds. The average molecular weight is 427 g/mol. The summed E-state index contributed by atoms with van der Waals surface area (Å²) >= 11 is 29.3. The van der Waals surface area contributed by atoms with Crippen LogP contribution in [0, 0.1) is 6.92 Å². The second kappa shape index (κ2) is 6.08. The van der Waals surface area contributed by atoms with Crippen LogP contribution >= 0.6 is 58.0 Å². The van der Waals surface area contributed by atoms with E-state index in [1.807, 2.05) is 0 Å². The third-order valence-corrected chi connectivity index (χ3v) is 4.22. The quantitative estimate of drug-likeness (QED) is 0.575. The zero-order valence-electron chi connectivity index (χ0n) is 11.2. The van der Waals surface area contributed by atoms with Gasteiger partial charge in [0, 0.05) is 11.1 Å². The molecule has 0 saturated heterocycles. The minimum atomic E-state index is -4.67. The lowest BCUT2D eigenvalue weighted by Crippen LogP contribution is -2.09. The van der Waals surface area contributed by atoms with Crippen molar-refractivity contribution in [2.75, 3.05) is 5.73 Å². The number of nitrogen functional groups attached to an aromatic ring is 1. The number of anilines is 1. The molecule has 1 aromatic carbocycles. The van der Waals surface area contributed by atoms with Crippen molar-refractivity contribution in [1.29, 1.82) is 0 Å². The molecule has 11 heteroatoms. The molecule has 0 unspecified atom stereocenters. The Morgan fingerprint density at radius 1 is 1.09 bits per heavy atom. The van der Waals surface area contributed by atoms with Crippen LogP contribution in [0.15, 0.2) is 12.1 Å². The minimum absolute atomic E-state index is 0.0394. The second-order valence-corrected chi connectivity index (χ2v) is 7.65. The molecule has 0 spiro atoms. The summed E-state index contributed by atoms with van der Waals surface area (Å²) in [6.07, 6.45) is -4.67. The first-order valence-electron chi connectivity index (χ1n) is 5.83. The van der Waals surface area contributed by atoms with Crippen LogP contribution in [0.25, 0.3) is 5.69 Å². The second-order valence-electron chi connectivity index (χ2n) is 4.55. The third-order valence-electron chi connectivity index (χ3n) is 2.99. The van der Waals surface area contributed by atoms with Gasteiger partial charge in [0.2, 0.25) is 3.79 Å². The highest BCUT2D eigenvalue weighted by molar-refractivity contribution is 6.66. The van der Waals surface area contributed by atoms with Crippen molar-refractivity contribution in [1.82, 2.24) is 9.78 Å². The van der Waals surface area contributed by atoms with Gasteiger partial charge in [0.05, 0.1) is 10.0 Å². The highest BCUT2D eigenvalue weighted by Crippen LogP contribution is 2.43. The zero-order chi connectivity index (χ0) is 17.7. The van der Waals surface area contributed by atoms with Crippen LogP contribution in [0.3, 0.4) is 0 Å². The average Bonchev–Trinajstić information content (AvgIpc) is 2.65. The van der Waals surface area contributed by atoms with Gasteiger partial charge in [-0.25, -0.2) is 4.68 Å². The van der Waals surface area contributed by atoms with E-state index in [4.69, 9.17) is 63.7 Å².